The molecule has 1 amide bonds. The topological polar surface area (TPSA) is 105 Å². The number of halogens is 3. The maximum atomic E-state index is 12.6. The Kier molecular flexibility index (Phi) is 6.96. The Bertz CT molecular complexity index is 1250. The molecular formula is C21H19F3N4O4S2. The number of aromatic nitrogens is 2. The summed E-state index contributed by atoms with van der Waals surface area (Å²) in [7, 11) is -3.52. The Morgan fingerprint density at radius 3 is 2.29 bits per heavy atom. The first-order valence-corrected chi connectivity index (χ1v) is 12.6. The van der Waals surface area contributed by atoms with Gasteiger partial charge in [-0.15, -0.1) is 10.2 Å². The minimum absolute atomic E-state index is 0.102. The summed E-state index contributed by atoms with van der Waals surface area (Å²) in [4.78, 5) is 12.3. The summed E-state index contributed by atoms with van der Waals surface area (Å²) in [5, 5.41) is 10.4. The van der Waals surface area contributed by atoms with Crippen molar-refractivity contribution < 1.29 is 30.8 Å². The van der Waals surface area contributed by atoms with Gasteiger partial charge in [-0.05, 0) is 61.4 Å². The minimum atomic E-state index is -4.45. The molecule has 0 unspecified atom stereocenters. The first kappa shape index (κ1) is 24.2. The fourth-order valence-electron chi connectivity index (χ4n) is 3.30. The smallest absolute Gasteiger partial charge is 0.411 e. The highest BCUT2D eigenvalue weighted by atomic mass is 32.2. The van der Waals surface area contributed by atoms with E-state index in [1.165, 1.54) is 28.6 Å². The summed E-state index contributed by atoms with van der Waals surface area (Å²) in [5.41, 5.74) is -0.0531. The molecule has 0 bridgehead atoms. The molecule has 0 spiro atoms. The van der Waals surface area contributed by atoms with Crippen LogP contribution in [0.2, 0.25) is 0 Å². The molecular weight excluding hydrogens is 493 g/mol. The number of carbonyl (C=O) groups is 1. The monoisotopic (exact) mass is 512 g/mol. The number of hydrogen-bond acceptors (Lipinski definition) is 7. The molecule has 1 aliphatic heterocycles. The van der Waals surface area contributed by atoms with E-state index in [-0.39, 0.29) is 27.4 Å². The predicted octanol–water partition coefficient (Wildman–Crippen LogP) is 4.27. The Morgan fingerprint density at radius 2 is 1.68 bits per heavy atom. The van der Waals surface area contributed by atoms with Gasteiger partial charge in [0.05, 0.1) is 16.2 Å². The summed E-state index contributed by atoms with van der Waals surface area (Å²) >= 11 is 0.960. The standard InChI is InChI=1S/C21H19F3N4O4S2/c22-21(23,24)15-5-7-16(8-6-15)25-18(29)13-33-20-27-26-19(32-20)14-3-9-17(10-4-14)34(30,31)28-11-1-2-12-28/h3-10H,1-2,11-13H2,(H,25,29). The molecule has 0 atom stereocenters. The number of alkyl halides is 3. The van der Waals surface area contributed by atoms with Crippen molar-refractivity contribution in [3.63, 3.8) is 0 Å². The molecule has 1 fully saturated rings. The van der Waals surface area contributed by atoms with Crippen molar-refractivity contribution in [1.82, 2.24) is 14.5 Å². The number of nitrogens with one attached hydrogen (secondary N) is 1. The average Bonchev–Trinajstić information content (AvgIpc) is 3.50. The van der Waals surface area contributed by atoms with Crippen LogP contribution in [0.4, 0.5) is 18.9 Å². The highest BCUT2D eigenvalue weighted by Crippen LogP contribution is 2.30. The molecule has 0 radical (unpaired) electrons. The van der Waals surface area contributed by atoms with E-state index in [9.17, 15) is 26.4 Å². The van der Waals surface area contributed by atoms with Crippen LogP contribution in [-0.2, 0) is 21.0 Å². The maximum Gasteiger partial charge on any atom is 0.416 e. The van der Waals surface area contributed by atoms with E-state index < -0.39 is 27.7 Å². The van der Waals surface area contributed by atoms with Gasteiger partial charge in [-0.25, -0.2) is 8.42 Å². The van der Waals surface area contributed by atoms with Crippen LogP contribution >= 0.6 is 11.8 Å². The summed E-state index contributed by atoms with van der Waals surface area (Å²) in [6, 6.07) is 10.2. The Morgan fingerprint density at radius 1 is 1.03 bits per heavy atom. The van der Waals surface area contributed by atoms with Crippen LogP contribution in [0, 0.1) is 0 Å². The van der Waals surface area contributed by atoms with Crippen LogP contribution in [-0.4, -0.2) is 47.7 Å². The number of sulfonamides is 1. The molecule has 0 aliphatic carbocycles. The van der Waals surface area contributed by atoms with Crippen LogP contribution in [0.5, 0.6) is 0 Å². The molecule has 3 aromatic rings. The number of rotatable bonds is 7. The zero-order chi connectivity index (χ0) is 24.3. The van der Waals surface area contributed by atoms with Crippen molar-refractivity contribution in [2.24, 2.45) is 0 Å². The Labute approximate surface area is 197 Å². The number of amides is 1. The predicted molar refractivity (Wildman–Crippen MR) is 119 cm³/mol. The maximum absolute atomic E-state index is 12.6. The van der Waals surface area contributed by atoms with Crippen LogP contribution < -0.4 is 5.32 Å². The normalized spacial score (nSPS) is 14.9. The lowest BCUT2D eigenvalue weighted by molar-refractivity contribution is -0.137. The molecule has 4 rings (SSSR count). The minimum Gasteiger partial charge on any atom is -0.411 e. The third-order valence-electron chi connectivity index (χ3n) is 5.03. The third kappa shape index (κ3) is 5.59. The molecule has 1 aromatic heterocycles. The second-order valence-corrected chi connectivity index (χ2v) is 10.3. The van der Waals surface area contributed by atoms with Gasteiger partial charge in [0.25, 0.3) is 5.22 Å². The van der Waals surface area contributed by atoms with Crippen LogP contribution in [0.25, 0.3) is 11.5 Å². The first-order chi connectivity index (χ1) is 16.1. The summed E-state index contributed by atoms with van der Waals surface area (Å²) in [5.74, 6) is -0.396. The number of benzene rings is 2. The molecule has 1 saturated heterocycles. The summed E-state index contributed by atoms with van der Waals surface area (Å²) in [6.07, 6.45) is -2.75. The van der Waals surface area contributed by atoms with Gasteiger partial charge in [0.2, 0.25) is 21.8 Å². The molecule has 1 aliphatic rings. The van der Waals surface area contributed by atoms with Gasteiger partial charge < -0.3 is 9.73 Å². The average molecular weight is 513 g/mol. The largest absolute Gasteiger partial charge is 0.416 e. The lowest BCUT2D eigenvalue weighted by Gasteiger charge is -2.15. The second-order valence-electron chi connectivity index (χ2n) is 7.42. The summed E-state index contributed by atoms with van der Waals surface area (Å²) in [6.45, 7) is 1.03. The van der Waals surface area contributed by atoms with E-state index in [1.54, 1.807) is 12.1 Å². The highest BCUT2D eigenvalue weighted by molar-refractivity contribution is 7.99. The SMILES string of the molecule is O=C(CSc1nnc(-c2ccc(S(=O)(=O)N3CCCC3)cc2)o1)Nc1ccc(C(F)(F)F)cc1. The lowest BCUT2D eigenvalue weighted by atomic mass is 10.2. The summed E-state index contributed by atoms with van der Waals surface area (Å²) < 4.78 is 70.0. The third-order valence-corrected chi connectivity index (χ3v) is 7.76. The number of carbonyl (C=O) groups excluding carboxylic acids is 1. The molecule has 180 valence electrons. The quantitative estimate of drug-likeness (QED) is 0.472. The van der Waals surface area contributed by atoms with Crippen molar-refractivity contribution in [2.75, 3.05) is 24.2 Å². The van der Waals surface area contributed by atoms with Gasteiger partial charge in [-0.1, -0.05) is 11.8 Å². The van der Waals surface area contributed by atoms with E-state index >= 15 is 0 Å². The van der Waals surface area contributed by atoms with Crippen LogP contribution in [0.15, 0.2) is 63.1 Å². The highest BCUT2D eigenvalue weighted by Gasteiger charge is 2.30. The fraction of sp³-hybridized carbons (Fsp3) is 0.286. The zero-order valence-electron chi connectivity index (χ0n) is 17.6. The lowest BCUT2D eigenvalue weighted by Crippen LogP contribution is -2.27. The van der Waals surface area contributed by atoms with Crippen molar-refractivity contribution in [2.45, 2.75) is 29.1 Å². The number of thioether (sulfide) groups is 1. The van der Waals surface area contributed by atoms with Crippen molar-refractivity contribution >= 4 is 33.4 Å². The van der Waals surface area contributed by atoms with Crippen molar-refractivity contribution in [1.29, 1.82) is 0 Å². The van der Waals surface area contributed by atoms with E-state index in [1.807, 2.05) is 0 Å². The molecule has 0 saturated carbocycles. The van der Waals surface area contributed by atoms with Gasteiger partial charge in [0.1, 0.15) is 0 Å². The Hall–Kier alpha value is -2.90. The van der Waals surface area contributed by atoms with Gasteiger partial charge >= 0.3 is 6.18 Å². The fourth-order valence-corrected chi connectivity index (χ4v) is 5.38. The molecule has 8 nitrogen and oxygen atoms in total. The van der Waals surface area contributed by atoms with E-state index in [2.05, 4.69) is 15.5 Å². The van der Waals surface area contributed by atoms with Crippen LogP contribution in [0.1, 0.15) is 18.4 Å². The van der Waals surface area contributed by atoms with Gasteiger partial charge in [0.15, 0.2) is 0 Å². The van der Waals surface area contributed by atoms with Gasteiger partial charge in [0, 0.05) is 24.3 Å². The van der Waals surface area contributed by atoms with Crippen molar-refractivity contribution in [3.8, 4) is 11.5 Å². The Balaban J connectivity index is 1.33. The molecule has 2 aromatic carbocycles. The molecule has 1 N–H and O–H groups in total. The van der Waals surface area contributed by atoms with Crippen LogP contribution in [0.3, 0.4) is 0 Å². The van der Waals surface area contributed by atoms with Crippen molar-refractivity contribution in [3.05, 3.63) is 54.1 Å². The van der Waals surface area contributed by atoms with E-state index in [0.717, 1.165) is 36.7 Å². The second kappa shape index (κ2) is 9.76. The number of anilines is 1. The van der Waals surface area contributed by atoms with E-state index in [4.69, 9.17) is 4.42 Å². The first-order valence-electron chi connectivity index (χ1n) is 10.2. The molecule has 34 heavy (non-hydrogen) atoms. The molecule has 2 heterocycles. The molecule has 13 heteroatoms. The van der Waals surface area contributed by atoms with Gasteiger partial charge in [-0.3, -0.25) is 4.79 Å². The van der Waals surface area contributed by atoms with E-state index in [0.29, 0.717) is 18.7 Å². The zero-order valence-corrected chi connectivity index (χ0v) is 19.2. The van der Waals surface area contributed by atoms with Gasteiger partial charge in [-0.2, -0.15) is 17.5 Å². The number of hydrogen-bond donors (Lipinski definition) is 1. The number of nitrogens with zero attached hydrogens (tertiary/aromatic N) is 3.